The van der Waals surface area contributed by atoms with Crippen molar-refractivity contribution in [3.63, 3.8) is 0 Å². The first kappa shape index (κ1) is 16.2. The smallest absolute Gasteiger partial charge is 0.416 e. The van der Waals surface area contributed by atoms with Crippen LogP contribution in [0.15, 0.2) is 76.0 Å². The third-order valence-corrected chi connectivity index (χ3v) is 3.37. The van der Waals surface area contributed by atoms with Crippen molar-refractivity contribution >= 4 is 23.3 Å². The second kappa shape index (κ2) is 7.17. The summed E-state index contributed by atoms with van der Waals surface area (Å²) in [5.74, 6) is -0.467. The molecule has 0 radical (unpaired) electrons. The average molecular weight is 322 g/mol. The van der Waals surface area contributed by atoms with Gasteiger partial charge in [-0.05, 0) is 47.7 Å². The molecule has 0 saturated heterocycles. The van der Waals surface area contributed by atoms with E-state index in [9.17, 15) is 18.3 Å². The summed E-state index contributed by atoms with van der Waals surface area (Å²) in [5, 5.41) is 13.0. The van der Waals surface area contributed by atoms with Crippen molar-refractivity contribution in [2.75, 3.05) is 0 Å². The Labute approximate surface area is 130 Å². The van der Waals surface area contributed by atoms with Crippen molar-refractivity contribution in [3.05, 3.63) is 71.6 Å². The molecular weight excluding hydrogens is 311 g/mol. The fourth-order valence-electron chi connectivity index (χ4n) is 1.58. The van der Waals surface area contributed by atoms with E-state index in [1.165, 1.54) is 17.6 Å². The molecule has 0 aromatic heterocycles. The van der Waals surface area contributed by atoms with Crippen molar-refractivity contribution in [2.45, 2.75) is 11.1 Å². The molecule has 0 unspecified atom stereocenters. The third kappa shape index (κ3) is 4.96. The van der Waals surface area contributed by atoms with Gasteiger partial charge in [0, 0.05) is 4.90 Å². The van der Waals surface area contributed by atoms with Crippen molar-refractivity contribution in [2.24, 2.45) is 4.99 Å². The number of hydrogen-bond acceptors (Lipinski definition) is 3. The van der Waals surface area contributed by atoms with Gasteiger partial charge in [-0.25, -0.2) is 0 Å². The van der Waals surface area contributed by atoms with Gasteiger partial charge in [-0.15, -0.1) is 0 Å². The van der Waals surface area contributed by atoms with Crippen LogP contribution in [0.4, 0.5) is 18.9 Å². The van der Waals surface area contributed by atoms with Crippen molar-refractivity contribution in [3.8, 4) is 0 Å². The SMILES string of the molecule is [O-]C(C=CSc1cccc(C(F)(F)F)c1)=Nc1ccccc1. The Hall–Kier alpha value is -2.21. The second-order valence-corrected chi connectivity index (χ2v) is 5.21. The van der Waals surface area contributed by atoms with E-state index in [2.05, 4.69) is 4.99 Å². The number of thioether (sulfide) groups is 1. The van der Waals surface area contributed by atoms with Crippen LogP contribution in [0.1, 0.15) is 5.56 Å². The molecule has 6 heteroatoms. The number of rotatable bonds is 4. The van der Waals surface area contributed by atoms with Gasteiger partial charge >= 0.3 is 6.18 Å². The van der Waals surface area contributed by atoms with Gasteiger partial charge in [-0.2, -0.15) is 13.2 Å². The van der Waals surface area contributed by atoms with Crippen LogP contribution in [-0.4, -0.2) is 5.90 Å². The molecule has 0 bridgehead atoms. The molecule has 0 aliphatic carbocycles. The van der Waals surface area contributed by atoms with Gasteiger partial charge in [0.2, 0.25) is 0 Å². The number of aliphatic imine (C=N–C) groups is 1. The molecule has 2 aromatic rings. The zero-order valence-corrected chi connectivity index (χ0v) is 12.1. The lowest BCUT2D eigenvalue weighted by atomic mass is 10.2. The molecule has 0 saturated carbocycles. The zero-order valence-electron chi connectivity index (χ0n) is 11.2. The fourth-order valence-corrected chi connectivity index (χ4v) is 2.28. The van der Waals surface area contributed by atoms with Crippen LogP contribution in [0, 0.1) is 0 Å². The van der Waals surface area contributed by atoms with Crippen molar-refractivity contribution in [1.82, 2.24) is 0 Å². The normalized spacial score (nSPS) is 12.8. The first-order chi connectivity index (χ1) is 10.4. The van der Waals surface area contributed by atoms with Crippen molar-refractivity contribution in [1.29, 1.82) is 0 Å². The summed E-state index contributed by atoms with van der Waals surface area (Å²) in [6.07, 6.45) is -3.16. The molecule has 0 spiro atoms. The van der Waals surface area contributed by atoms with Gasteiger partial charge in [-0.3, -0.25) is 4.99 Å². The average Bonchev–Trinajstić information content (AvgIpc) is 2.48. The van der Waals surface area contributed by atoms with Crippen molar-refractivity contribution < 1.29 is 18.3 Å². The lowest BCUT2D eigenvalue weighted by Crippen LogP contribution is -2.13. The minimum atomic E-state index is -4.38. The Kier molecular flexibility index (Phi) is 5.27. The molecule has 0 aliphatic rings. The minimum Gasteiger partial charge on any atom is -0.859 e. The van der Waals surface area contributed by atoms with Gasteiger partial charge in [0.1, 0.15) is 0 Å². The fraction of sp³-hybridized carbons (Fsp3) is 0.0625. The van der Waals surface area contributed by atoms with Gasteiger partial charge in [-0.1, -0.05) is 36.0 Å². The van der Waals surface area contributed by atoms with Crippen LogP contribution < -0.4 is 5.11 Å². The van der Waals surface area contributed by atoms with E-state index in [-0.39, 0.29) is 0 Å². The molecule has 114 valence electrons. The molecule has 22 heavy (non-hydrogen) atoms. The highest BCUT2D eigenvalue weighted by Crippen LogP contribution is 2.32. The number of para-hydroxylation sites is 1. The summed E-state index contributed by atoms with van der Waals surface area (Å²) in [6, 6.07) is 13.6. The number of alkyl halides is 3. The van der Waals surface area contributed by atoms with Crippen LogP contribution in [0.3, 0.4) is 0 Å². The van der Waals surface area contributed by atoms with E-state index < -0.39 is 17.6 Å². The molecule has 0 aliphatic heterocycles. The van der Waals surface area contributed by atoms with E-state index in [1.807, 2.05) is 6.07 Å². The third-order valence-electron chi connectivity index (χ3n) is 2.57. The molecule has 0 amide bonds. The number of benzene rings is 2. The first-order valence-corrected chi connectivity index (χ1v) is 7.14. The first-order valence-electron chi connectivity index (χ1n) is 6.26. The van der Waals surface area contributed by atoms with E-state index in [0.717, 1.165) is 23.9 Å². The van der Waals surface area contributed by atoms with Crippen LogP contribution in [0.5, 0.6) is 0 Å². The molecule has 2 aromatic carbocycles. The van der Waals surface area contributed by atoms with E-state index in [4.69, 9.17) is 0 Å². The van der Waals surface area contributed by atoms with Crippen LogP contribution in [0.25, 0.3) is 0 Å². The molecule has 2 nitrogen and oxygen atoms in total. The molecule has 2 rings (SSSR count). The summed E-state index contributed by atoms with van der Waals surface area (Å²) < 4.78 is 37.7. The van der Waals surface area contributed by atoms with Gasteiger partial charge in [0.05, 0.1) is 11.3 Å². The predicted octanol–water partition coefficient (Wildman–Crippen LogP) is 4.40. The Morgan fingerprint density at radius 3 is 2.45 bits per heavy atom. The largest absolute Gasteiger partial charge is 0.859 e. The summed E-state index contributed by atoms with van der Waals surface area (Å²) in [7, 11) is 0. The Balaban J connectivity index is 2.02. The Morgan fingerprint density at radius 1 is 1.05 bits per heavy atom. The van der Waals surface area contributed by atoms with E-state index in [0.29, 0.717) is 10.6 Å². The van der Waals surface area contributed by atoms with Crippen LogP contribution in [-0.2, 0) is 6.18 Å². The van der Waals surface area contributed by atoms with E-state index >= 15 is 0 Å². The zero-order chi connectivity index (χ0) is 16.0. The highest BCUT2D eigenvalue weighted by Gasteiger charge is 2.30. The highest BCUT2D eigenvalue weighted by molar-refractivity contribution is 8.02. The quantitative estimate of drug-likeness (QED) is 0.475. The summed E-state index contributed by atoms with van der Waals surface area (Å²) in [4.78, 5) is 4.23. The monoisotopic (exact) mass is 322 g/mol. The number of halogens is 3. The summed E-state index contributed by atoms with van der Waals surface area (Å²) >= 11 is 1.03. The maximum absolute atomic E-state index is 12.6. The Morgan fingerprint density at radius 2 is 1.77 bits per heavy atom. The molecule has 0 heterocycles. The van der Waals surface area contributed by atoms with Gasteiger partial charge < -0.3 is 5.11 Å². The van der Waals surface area contributed by atoms with Gasteiger partial charge in [0.15, 0.2) is 0 Å². The van der Waals surface area contributed by atoms with Crippen LogP contribution >= 0.6 is 11.8 Å². The standard InChI is InChI=1S/C16H12F3NOS/c17-16(18,19)12-5-4-8-14(11-12)22-10-9-15(21)20-13-6-2-1-3-7-13/h1-11H,(H,20,21)/p-1. The molecule has 0 N–H and O–H groups in total. The number of hydrogen-bond donors (Lipinski definition) is 0. The maximum Gasteiger partial charge on any atom is 0.416 e. The lowest BCUT2D eigenvalue weighted by Gasteiger charge is -2.07. The Bertz CT molecular complexity index is 681. The van der Waals surface area contributed by atoms with E-state index in [1.54, 1.807) is 30.3 Å². The maximum atomic E-state index is 12.6. The molecule has 0 atom stereocenters. The summed E-state index contributed by atoms with van der Waals surface area (Å²) in [6.45, 7) is 0. The lowest BCUT2D eigenvalue weighted by molar-refractivity contribution is -0.211. The topological polar surface area (TPSA) is 35.4 Å². The predicted molar refractivity (Wildman–Crippen MR) is 80.0 cm³/mol. The minimum absolute atomic E-state index is 0.401. The van der Waals surface area contributed by atoms with Crippen LogP contribution in [0.2, 0.25) is 0 Å². The highest BCUT2D eigenvalue weighted by atomic mass is 32.2. The molecule has 0 fully saturated rings. The molecular formula is C16H11F3NOS-. The van der Waals surface area contributed by atoms with Gasteiger partial charge in [0.25, 0.3) is 0 Å². The second-order valence-electron chi connectivity index (χ2n) is 4.23. The number of nitrogens with zero attached hydrogens (tertiary/aromatic N) is 1. The summed E-state index contributed by atoms with van der Waals surface area (Å²) in [5.41, 5.74) is -0.188.